The molecular weight excluding hydrogens is 372 g/mol. The summed E-state index contributed by atoms with van der Waals surface area (Å²) in [4.78, 5) is 14.1. The molecule has 2 aromatic carbocycles. The van der Waals surface area contributed by atoms with Gasteiger partial charge in [-0.1, -0.05) is 36.7 Å². The molecule has 0 saturated heterocycles. The molecule has 1 amide bonds. The third-order valence-corrected chi connectivity index (χ3v) is 5.96. The number of nitrogens with zero attached hydrogens (tertiary/aromatic N) is 1. The van der Waals surface area contributed by atoms with Crippen molar-refractivity contribution in [3.63, 3.8) is 0 Å². The number of aryl methyl sites for hydroxylation is 1. The van der Waals surface area contributed by atoms with Gasteiger partial charge in [0, 0.05) is 17.3 Å². The molecule has 0 fully saturated rings. The van der Waals surface area contributed by atoms with E-state index in [1.807, 2.05) is 31.2 Å². The Balaban J connectivity index is 1.89. The first-order chi connectivity index (χ1) is 12.3. The van der Waals surface area contributed by atoms with Crippen LogP contribution in [0.15, 0.2) is 53.4 Å². The van der Waals surface area contributed by atoms with Gasteiger partial charge in [0.1, 0.15) is 0 Å². The number of amides is 1. The fraction of sp³-hybridized carbons (Fsp3) is 0.316. The van der Waals surface area contributed by atoms with Crippen LogP contribution in [-0.2, 0) is 21.1 Å². The Hall–Kier alpha value is -1.89. The molecule has 0 aliphatic heterocycles. The minimum atomic E-state index is -3.41. The van der Waals surface area contributed by atoms with Gasteiger partial charge in [0.15, 0.2) is 9.84 Å². The molecule has 7 heteroatoms. The molecular formula is C19H23ClN2O3S. The molecule has 0 aliphatic rings. The summed E-state index contributed by atoms with van der Waals surface area (Å²) in [7, 11) is -1.68. The van der Waals surface area contributed by atoms with Gasteiger partial charge < -0.3 is 5.32 Å². The van der Waals surface area contributed by atoms with E-state index in [0.29, 0.717) is 5.02 Å². The van der Waals surface area contributed by atoms with Crippen LogP contribution in [0.1, 0.15) is 12.5 Å². The topological polar surface area (TPSA) is 66.5 Å². The number of hydrogen-bond acceptors (Lipinski definition) is 4. The highest BCUT2D eigenvalue weighted by molar-refractivity contribution is 7.91. The smallest absolute Gasteiger partial charge is 0.238 e. The number of benzene rings is 2. The van der Waals surface area contributed by atoms with Crippen LogP contribution in [0.2, 0.25) is 5.02 Å². The van der Waals surface area contributed by atoms with Crippen molar-refractivity contribution in [2.45, 2.75) is 18.2 Å². The van der Waals surface area contributed by atoms with E-state index in [-0.39, 0.29) is 29.6 Å². The van der Waals surface area contributed by atoms with Crippen molar-refractivity contribution in [2.75, 3.05) is 31.2 Å². The maximum atomic E-state index is 12.3. The van der Waals surface area contributed by atoms with Crippen molar-refractivity contribution in [2.24, 2.45) is 0 Å². The van der Waals surface area contributed by atoms with E-state index in [2.05, 4.69) is 5.32 Å². The quantitative estimate of drug-likeness (QED) is 0.746. The average Bonchev–Trinajstić information content (AvgIpc) is 2.61. The monoisotopic (exact) mass is 394 g/mol. The largest absolute Gasteiger partial charge is 0.325 e. The SMILES string of the molecule is CCc1ccccc1NC(=O)CN(C)CCS(=O)(=O)c1ccc(Cl)cc1. The second-order valence-electron chi connectivity index (χ2n) is 6.07. The van der Waals surface area contributed by atoms with Crippen LogP contribution >= 0.6 is 11.6 Å². The number of likely N-dealkylation sites (N-methyl/N-ethyl adjacent to an activating group) is 1. The zero-order chi connectivity index (χ0) is 19.2. The number of sulfone groups is 1. The van der Waals surface area contributed by atoms with E-state index in [1.165, 1.54) is 12.1 Å². The fourth-order valence-electron chi connectivity index (χ4n) is 2.50. The Bertz CT molecular complexity index is 851. The summed E-state index contributed by atoms with van der Waals surface area (Å²) in [6, 6.07) is 13.7. The molecule has 2 rings (SSSR count). The first-order valence-electron chi connectivity index (χ1n) is 8.36. The molecule has 0 atom stereocenters. The number of nitrogens with one attached hydrogen (secondary N) is 1. The molecule has 2 aromatic rings. The van der Waals surface area contributed by atoms with Crippen molar-refractivity contribution in [1.82, 2.24) is 4.90 Å². The van der Waals surface area contributed by atoms with E-state index >= 15 is 0 Å². The van der Waals surface area contributed by atoms with Gasteiger partial charge in [-0.25, -0.2) is 8.42 Å². The predicted octanol–water partition coefficient (Wildman–Crippen LogP) is 3.25. The number of carbonyl (C=O) groups excluding carboxylic acids is 1. The zero-order valence-corrected chi connectivity index (χ0v) is 16.5. The summed E-state index contributed by atoms with van der Waals surface area (Å²) < 4.78 is 24.7. The second kappa shape index (κ2) is 9.16. The van der Waals surface area contributed by atoms with Crippen LogP contribution in [-0.4, -0.2) is 45.1 Å². The Labute approximate surface area is 159 Å². The van der Waals surface area contributed by atoms with Crippen molar-refractivity contribution in [1.29, 1.82) is 0 Å². The van der Waals surface area contributed by atoms with Gasteiger partial charge in [0.25, 0.3) is 0 Å². The van der Waals surface area contributed by atoms with E-state index in [0.717, 1.165) is 17.7 Å². The lowest BCUT2D eigenvalue weighted by molar-refractivity contribution is -0.117. The molecule has 1 N–H and O–H groups in total. The number of anilines is 1. The van der Waals surface area contributed by atoms with Crippen LogP contribution in [0.4, 0.5) is 5.69 Å². The van der Waals surface area contributed by atoms with Crippen LogP contribution < -0.4 is 5.32 Å². The van der Waals surface area contributed by atoms with Crippen LogP contribution in [0.3, 0.4) is 0 Å². The standard InChI is InChI=1S/C19H23ClN2O3S/c1-3-15-6-4-5-7-18(15)21-19(23)14-22(2)12-13-26(24,25)17-10-8-16(20)9-11-17/h4-11H,3,12-14H2,1-2H3,(H,21,23). The van der Waals surface area contributed by atoms with Crippen molar-refractivity contribution >= 4 is 33.0 Å². The summed E-state index contributed by atoms with van der Waals surface area (Å²) in [5, 5.41) is 3.37. The van der Waals surface area contributed by atoms with Gasteiger partial charge in [0.05, 0.1) is 17.2 Å². The Morgan fingerprint density at radius 1 is 1.12 bits per heavy atom. The van der Waals surface area contributed by atoms with Gasteiger partial charge >= 0.3 is 0 Å². The lowest BCUT2D eigenvalue weighted by Crippen LogP contribution is -2.33. The number of halogens is 1. The Kier molecular flexibility index (Phi) is 7.20. The van der Waals surface area contributed by atoms with E-state index in [4.69, 9.17) is 11.6 Å². The minimum absolute atomic E-state index is 0.0655. The molecule has 140 valence electrons. The highest BCUT2D eigenvalue weighted by Gasteiger charge is 2.16. The molecule has 0 aliphatic carbocycles. The number of hydrogen-bond donors (Lipinski definition) is 1. The van der Waals surface area contributed by atoms with Gasteiger partial charge in [-0.2, -0.15) is 0 Å². The van der Waals surface area contributed by atoms with Gasteiger partial charge in [0.2, 0.25) is 5.91 Å². The normalized spacial score (nSPS) is 11.5. The van der Waals surface area contributed by atoms with E-state index in [9.17, 15) is 13.2 Å². The Morgan fingerprint density at radius 3 is 2.42 bits per heavy atom. The third-order valence-electron chi connectivity index (χ3n) is 4.00. The Morgan fingerprint density at radius 2 is 1.77 bits per heavy atom. The van der Waals surface area contributed by atoms with Crippen molar-refractivity contribution in [3.8, 4) is 0 Å². The van der Waals surface area contributed by atoms with Gasteiger partial charge in [-0.05, 0) is 49.4 Å². The van der Waals surface area contributed by atoms with E-state index in [1.54, 1.807) is 24.1 Å². The molecule has 0 heterocycles. The molecule has 0 radical (unpaired) electrons. The highest BCUT2D eigenvalue weighted by Crippen LogP contribution is 2.16. The molecule has 0 saturated carbocycles. The van der Waals surface area contributed by atoms with Crippen LogP contribution in [0, 0.1) is 0 Å². The molecule has 0 aromatic heterocycles. The molecule has 0 spiro atoms. The van der Waals surface area contributed by atoms with Crippen molar-refractivity contribution < 1.29 is 13.2 Å². The van der Waals surface area contributed by atoms with E-state index < -0.39 is 9.84 Å². The number of carbonyl (C=O) groups is 1. The lowest BCUT2D eigenvalue weighted by Gasteiger charge is -2.17. The van der Waals surface area contributed by atoms with Crippen LogP contribution in [0.25, 0.3) is 0 Å². The summed E-state index contributed by atoms with van der Waals surface area (Å²) in [5.41, 5.74) is 1.86. The van der Waals surface area contributed by atoms with Gasteiger partial charge in [-0.15, -0.1) is 0 Å². The molecule has 0 bridgehead atoms. The first kappa shape index (κ1) is 20.4. The van der Waals surface area contributed by atoms with Crippen LogP contribution in [0.5, 0.6) is 0 Å². The maximum absolute atomic E-state index is 12.3. The third kappa shape index (κ3) is 5.83. The summed E-state index contributed by atoms with van der Waals surface area (Å²) in [5.74, 6) is -0.235. The first-order valence-corrected chi connectivity index (χ1v) is 10.4. The fourth-order valence-corrected chi connectivity index (χ4v) is 3.96. The second-order valence-corrected chi connectivity index (χ2v) is 8.62. The summed E-state index contributed by atoms with van der Waals surface area (Å²) in [6.07, 6.45) is 0.825. The molecule has 5 nitrogen and oxygen atoms in total. The molecule has 0 unspecified atom stereocenters. The lowest BCUT2D eigenvalue weighted by atomic mass is 10.1. The molecule has 26 heavy (non-hydrogen) atoms. The maximum Gasteiger partial charge on any atom is 0.238 e. The van der Waals surface area contributed by atoms with Crippen molar-refractivity contribution in [3.05, 3.63) is 59.1 Å². The summed E-state index contributed by atoms with van der Waals surface area (Å²) in [6.45, 7) is 2.40. The number of rotatable bonds is 8. The zero-order valence-electron chi connectivity index (χ0n) is 14.9. The number of para-hydroxylation sites is 1. The average molecular weight is 395 g/mol. The van der Waals surface area contributed by atoms with Gasteiger partial charge in [-0.3, -0.25) is 9.69 Å². The highest BCUT2D eigenvalue weighted by atomic mass is 35.5. The summed E-state index contributed by atoms with van der Waals surface area (Å²) >= 11 is 5.79. The predicted molar refractivity (Wildman–Crippen MR) is 105 cm³/mol. The minimum Gasteiger partial charge on any atom is -0.325 e.